The lowest BCUT2D eigenvalue weighted by atomic mass is 9.85. The Morgan fingerprint density at radius 2 is 1.71 bits per heavy atom. The number of allylic oxidation sites excluding steroid dienone is 1. The number of carbonyl (C=O) groups excluding carboxylic acids is 1. The van der Waals surface area contributed by atoms with E-state index in [1.807, 2.05) is 0 Å². The van der Waals surface area contributed by atoms with Gasteiger partial charge in [-0.3, -0.25) is 4.79 Å². The summed E-state index contributed by atoms with van der Waals surface area (Å²) in [6.45, 7) is 20.2. The Morgan fingerprint density at radius 3 is 2.26 bits per heavy atom. The van der Waals surface area contributed by atoms with Crippen molar-refractivity contribution in [2.24, 2.45) is 17.8 Å². The first-order chi connectivity index (χ1) is 16.2. The maximum Gasteiger partial charge on any atom is 0.309 e. The van der Waals surface area contributed by atoms with Gasteiger partial charge in [0.1, 0.15) is 0 Å². The van der Waals surface area contributed by atoms with E-state index >= 15 is 0 Å². The standard InChI is InChI=1S/C27H52O6Si2/c1-11-12-13-14-18(32-34(9)26(2,3)4)15-22(33-35(10)27(5,6)7)24-19-17-23(28)31-21(19)16-20(24)25(29)30-8/h15,18-21,23-24,28,34-35H,11-14,16-17H2,1-10H3/t18?,19-,20+,21+,23?,24+,34?,35?/m0/s1. The molecule has 1 aliphatic heterocycles. The first kappa shape index (κ1) is 30.5. The second kappa shape index (κ2) is 12.7. The zero-order valence-electron chi connectivity index (χ0n) is 23.9. The van der Waals surface area contributed by atoms with Crippen LogP contribution in [-0.4, -0.2) is 54.8 Å². The van der Waals surface area contributed by atoms with Crippen molar-refractivity contribution in [2.75, 3.05) is 7.11 Å². The van der Waals surface area contributed by atoms with Gasteiger partial charge in [0.25, 0.3) is 0 Å². The molecule has 2 fully saturated rings. The normalized spacial score (nSPS) is 30.0. The molecular weight excluding hydrogens is 476 g/mol. The molecule has 0 aromatic heterocycles. The molecule has 0 radical (unpaired) electrons. The molecular formula is C27H52O6Si2. The van der Waals surface area contributed by atoms with E-state index in [-0.39, 0.29) is 46.0 Å². The minimum atomic E-state index is -1.66. The molecule has 0 amide bonds. The minimum absolute atomic E-state index is 0.0371. The van der Waals surface area contributed by atoms with Crippen LogP contribution in [0.4, 0.5) is 0 Å². The zero-order chi connectivity index (χ0) is 26.6. The predicted octanol–water partition coefficient (Wildman–Crippen LogP) is 5.69. The lowest BCUT2D eigenvalue weighted by molar-refractivity contribution is -0.148. The summed E-state index contributed by atoms with van der Waals surface area (Å²) >= 11 is 0. The second-order valence-corrected chi connectivity index (χ2v) is 19.3. The summed E-state index contributed by atoms with van der Waals surface area (Å²) < 4.78 is 24.7. The fraction of sp³-hybridized carbons (Fsp3) is 0.889. The Labute approximate surface area is 217 Å². The third-order valence-corrected chi connectivity index (χ3v) is 14.3. The highest BCUT2D eigenvalue weighted by molar-refractivity contribution is 6.54. The van der Waals surface area contributed by atoms with Gasteiger partial charge >= 0.3 is 5.97 Å². The lowest BCUT2D eigenvalue weighted by Crippen LogP contribution is -2.34. The van der Waals surface area contributed by atoms with Crippen LogP contribution in [0.1, 0.15) is 87.0 Å². The molecule has 1 aliphatic carbocycles. The molecule has 2 aliphatic rings. The molecule has 1 heterocycles. The summed E-state index contributed by atoms with van der Waals surface area (Å²) in [4.78, 5) is 12.9. The molecule has 8 atom stereocenters. The van der Waals surface area contributed by atoms with Gasteiger partial charge in [0.05, 0.1) is 31.0 Å². The summed E-state index contributed by atoms with van der Waals surface area (Å²) in [6, 6.07) is 0. The number of fused-ring (bicyclic) bond motifs is 1. The van der Waals surface area contributed by atoms with Crippen LogP contribution in [0.3, 0.4) is 0 Å². The molecule has 0 aromatic carbocycles. The summed E-state index contributed by atoms with van der Waals surface area (Å²) in [5, 5.41) is 10.5. The van der Waals surface area contributed by atoms with Crippen molar-refractivity contribution in [3.8, 4) is 0 Å². The Hall–Kier alpha value is -0.676. The van der Waals surface area contributed by atoms with Crippen molar-refractivity contribution in [1.82, 2.24) is 0 Å². The van der Waals surface area contributed by atoms with Crippen LogP contribution >= 0.6 is 0 Å². The van der Waals surface area contributed by atoms with Crippen molar-refractivity contribution >= 4 is 24.0 Å². The fourth-order valence-electron chi connectivity index (χ4n) is 4.90. The van der Waals surface area contributed by atoms with E-state index < -0.39 is 24.4 Å². The molecule has 4 unspecified atom stereocenters. The van der Waals surface area contributed by atoms with Crippen LogP contribution in [0.25, 0.3) is 0 Å². The molecule has 1 N–H and O–H groups in total. The maximum absolute atomic E-state index is 12.9. The van der Waals surface area contributed by atoms with E-state index in [4.69, 9.17) is 18.3 Å². The van der Waals surface area contributed by atoms with Crippen molar-refractivity contribution in [3.63, 3.8) is 0 Å². The minimum Gasteiger partial charge on any atom is -0.549 e. The number of aliphatic hydroxyl groups is 1. The molecule has 1 saturated carbocycles. The highest BCUT2D eigenvalue weighted by atomic mass is 28.3. The lowest BCUT2D eigenvalue weighted by Gasteiger charge is -2.34. The third kappa shape index (κ3) is 8.42. The maximum atomic E-state index is 12.9. The molecule has 0 aromatic rings. The SMILES string of the molecule is CCCCCC(C=C(O[SiH](C)C(C)(C)C)[C@@H]1[C@H]2CC(O)O[C@@H]2C[C@H]1C(=O)OC)O[SiH](C)C(C)(C)C. The van der Waals surface area contributed by atoms with Crippen molar-refractivity contribution < 1.29 is 28.2 Å². The Morgan fingerprint density at radius 1 is 1.09 bits per heavy atom. The van der Waals surface area contributed by atoms with Crippen LogP contribution in [-0.2, 0) is 23.1 Å². The first-order valence-electron chi connectivity index (χ1n) is 13.6. The second-order valence-electron chi connectivity index (χ2n) is 12.8. The topological polar surface area (TPSA) is 74.2 Å². The largest absolute Gasteiger partial charge is 0.549 e. The smallest absolute Gasteiger partial charge is 0.309 e. The number of methoxy groups -OCH3 is 1. The van der Waals surface area contributed by atoms with Crippen LogP contribution in [0.5, 0.6) is 0 Å². The number of rotatable bonds is 11. The van der Waals surface area contributed by atoms with Crippen molar-refractivity contribution in [2.45, 2.75) is 129 Å². The molecule has 2 rings (SSSR count). The third-order valence-electron chi connectivity index (χ3n) is 8.07. The van der Waals surface area contributed by atoms with Crippen LogP contribution in [0, 0.1) is 17.8 Å². The number of ether oxygens (including phenoxy) is 2. The quantitative estimate of drug-likeness (QED) is 0.161. The Bertz CT molecular complexity index is 713. The van der Waals surface area contributed by atoms with Crippen LogP contribution in [0.15, 0.2) is 11.8 Å². The van der Waals surface area contributed by atoms with E-state index in [2.05, 4.69) is 67.6 Å². The van der Waals surface area contributed by atoms with E-state index in [0.29, 0.717) is 12.8 Å². The highest BCUT2D eigenvalue weighted by Gasteiger charge is 2.54. The fourth-order valence-corrected chi connectivity index (χ4v) is 7.04. The molecule has 204 valence electrons. The number of carbonyl (C=O) groups is 1. The monoisotopic (exact) mass is 528 g/mol. The van der Waals surface area contributed by atoms with Gasteiger partial charge in [-0.25, -0.2) is 0 Å². The van der Waals surface area contributed by atoms with Gasteiger partial charge < -0.3 is 23.4 Å². The molecule has 0 spiro atoms. The Kier molecular flexibility index (Phi) is 11.1. The number of aliphatic hydroxyl groups excluding tert-OH is 1. The van der Waals surface area contributed by atoms with Crippen LogP contribution in [0.2, 0.25) is 23.2 Å². The first-order valence-corrected chi connectivity index (χ1v) is 18.0. The van der Waals surface area contributed by atoms with Crippen LogP contribution < -0.4 is 0 Å². The van der Waals surface area contributed by atoms with Gasteiger partial charge in [0.15, 0.2) is 15.3 Å². The summed E-state index contributed by atoms with van der Waals surface area (Å²) in [7, 11) is -1.69. The molecule has 8 heteroatoms. The number of hydrogen-bond donors (Lipinski definition) is 1. The van der Waals surface area contributed by atoms with E-state index in [1.54, 1.807) is 0 Å². The van der Waals surface area contributed by atoms with Crippen molar-refractivity contribution in [3.05, 3.63) is 11.8 Å². The predicted molar refractivity (Wildman–Crippen MR) is 146 cm³/mol. The van der Waals surface area contributed by atoms with Gasteiger partial charge in [0.2, 0.25) is 9.04 Å². The molecule has 35 heavy (non-hydrogen) atoms. The number of unbranched alkanes of at least 4 members (excludes halogenated alkanes) is 2. The zero-order valence-corrected chi connectivity index (χ0v) is 26.2. The van der Waals surface area contributed by atoms with Gasteiger partial charge in [-0.2, -0.15) is 0 Å². The highest BCUT2D eigenvalue weighted by Crippen LogP contribution is 2.50. The molecule has 0 bridgehead atoms. The van der Waals surface area contributed by atoms with E-state index in [1.165, 1.54) is 13.5 Å². The summed E-state index contributed by atoms with van der Waals surface area (Å²) in [5.74, 6) is 0.198. The number of esters is 1. The van der Waals surface area contributed by atoms with Gasteiger partial charge in [-0.1, -0.05) is 67.7 Å². The summed E-state index contributed by atoms with van der Waals surface area (Å²) in [5.41, 5.74) is 0. The Balaban J connectivity index is 2.49. The summed E-state index contributed by atoms with van der Waals surface area (Å²) in [6.07, 6.45) is 6.67. The van der Waals surface area contributed by atoms with Gasteiger partial charge in [-0.05, 0) is 42.1 Å². The van der Waals surface area contributed by atoms with E-state index in [0.717, 1.165) is 25.0 Å². The van der Waals surface area contributed by atoms with Gasteiger partial charge in [-0.15, -0.1) is 0 Å². The van der Waals surface area contributed by atoms with E-state index in [9.17, 15) is 9.90 Å². The average Bonchev–Trinajstić information content (AvgIpc) is 3.27. The number of hydrogen-bond acceptors (Lipinski definition) is 6. The molecule has 6 nitrogen and oxygen atoms in total. The average molecular weight is 529 g/mol. The molecule has 1 saturated heterocycles. The van der Waals surface area contributed by atoms with Gasteiger partial charge in [0, 0.05) is 18.3 Å². The van der Waals surface area contributed by atoms with Crippen molar-refractivity contribution in [1.29, 1.82) is 0 Å².